The van der Waals surface area contributed by atoms with E-state index in [2.05, 4.69) is 21.2 Å². The highest BCUT2D eigenvalue weighted by Gasteiger charge is 2.28. The normalized spacial score (nSPS) is 15.3. The number of halogens is 1. The van der Waals surface area contributed by atoms with Crippen LogP contribution in [0.2, 0.25) is 0 Å². The molecule has 2 aromatic rings. The third-order valence-electron chi connectivity index (χ3n) is 4.10. The molecule has 0 bridgehead atoms. The number of nitrogens with zero attached hydrogens (tertiary/aromatic N) is 1. The molecule has 0 aliphatic carbocycles. The van der Waals surface area contributed by atoms with Crippen LogP contribution in [0.4, 0.5) is 0 Å². The van der Waals surface area contributed by atoms with Crippen molar-refractivity contribution < 1.29 is 9.59 Å². The topological polar surface area (TPSA) is 49.4 Å². The van der Waals surface area contributed by atoms with Crippen molar-refractivity contribution in [1.29, 1.82) is 0 Å². The summed E-state index contributed by atoms with van der Waals surface area (Å²) in [4.78, 5) is 27.8. The van der Waals surface area contributed by atoms with Crippen molar-refractivity contribution in [2.24, 2.45) is 0 Å². The van der Waals surface area contributed by atoms with E-state index in [0.717, 1.165) is 35.3 Å². The average molecular weight is 407 g/mol. The number of carbonyl (C=O) groups excluding carboxylic acids is 2. The highest BCUT2D eigenvalue weighted by Crippen LogP contribution is 2.22. The molecule has 4 nitrogen and oxygen atoms in total. The van der Waals surface area contributed by atoms with Crippen molar-refractivity contribution >= 4 is 39.1 Å². The third kappa shape index (κ3) is 4.24. The summed E-state index contributed by atoms with van der Waals surface area (Å²) in [5.41, 5.74) is 1.04. The van der Waals surface area contributed by atoms with Crippen LogP contribution in [0.15, 0.2) is 46.3 Å². The van der Waals surface area contributed by atoms with Crippen LogP contribution in [-0.2, 0) is 11.2 Å². The van der Waals surface area contributed by atoms with Gasteiger partial charge in [0.15, 0.2) is 0 Å². The van der Waals surface area contributed by atoms with Gasteiger partial charge in [0, 0.05) is 19.5 Å². The summed E-state index contributed by atoms with van der Waals surface area (Å²) in [6, 6.07) is 12.9. The zero-order valence-corrected chi connectivity index (χ0v) is 15.6. The number of carbonyl (C=O) groups is 2. The average Bonchev–Trinajstić information content (AvgIpc) is 3.26. The monoisotopic (exact) mass is 406 g/mol. The lowest BCUT2D eigenvalue weighted by Crippen LogP contribution is -2.48. The Hall–Kier alpha value is -1.66. The minimum atomic E-state index is -0.529. The van der Waals surface area contributed by atoms with Crippen molar-refractivity contribution in [3.8, 4) is 0 Å². The lowest BCUT2D eigenvalue weighted by atomic mass is 10.0. The lowest BCUT2D eigenvalue weighted by Gasteiger charge is -2.24. The minimum Gasteiger partial charge on any atom is -0.341 e. The fourth-order valence-corrected chi connectivity index (χ4v) is 4.16. The van der Waals surface area contributed by atoms with Crippen LogP contribution in [0.1, 0.15) is 28.1 Å². The first kappa shape index (κ1) is 17.2. The second kappa shape index (κ2) is 7.94. The number of nitrogens with one attached hydrogen (secondary N) is 1. The molecule has 1 fully saturated rings. The van der Waals surface area contributed by atoms with Gasteiger partial charge < -0.3 is 10.2 Å². The Bertz CT molecular complexity index is 711. The Morgan fingerprint density at radius 1 is 1.12 bits per heavy atom. The molecule has 1 aromatic heterocycles. The van der Waals surface area contributed by atoms with E-state index in [4.69, 9.17) is 0 Å². The minimum absolute atomic E-state index is 0.0142. The molecular weight excluding hydrogens is 388 g/mol. The van der Waals surface area contributed by atoms with Gasteiger partial charge in [-0.2, -0.15) is 0 Å². The predicted octanol–water partition coefficient (Wildman–Crippen LogP) is 3.47. The summed E-state index contributed by atoms with van der Waals surface area (Å²) in [6.45, 7) is 1.56. The summed E-state index contributed by atoms with van der Waals surface area (Å²) in [6.07, 6.45) is 2.58. The van der Waals surface area contributed by atoms with Crippen LogP contribution in [0.3, 0.4) is 0 Å². The zero-order chi connectivity index (χ0) is 16.9. The highest BCUT2D eigenvalue weighted by atomic mass is 79.9. The SMILES string of the molecule is O=C(NC(Cc1ccccc1)C(=O)N1CCCC1)c1ccc(Br)s1. The maximum absolute atomic E-state index is 12.8. The number of thiophene rings is 1. The van der Waals surface area contributed by atoms with Crippen molar-refractivity contribution in [3.63, 3.8) is 0 Å². The Balaban J connectivity index is 1.75. The molecule has 1 unspecified atom stereocenters. The van der Waals surface area contributed by atoms with Gasteiger partial charge in [-0.05, 0) is 46.5 Å². The highest BCUT2D eigenvalue weighted by molar-refractivity contribution is 9.11. The van der Waals surface area contributed by atoms with Crippen LogP contribution < -0.4 is 5.32 Å². The van der Waals surface area contributed by atoms with E-state index in [1.807, 2.05) is 41.3 Å². The number of likely N-dealkylation sites (tertiary alicyclic amines) is 1. The maximum Gasteiger partial charge on any atom is 0.262 e. The first-order valence-electron chi connectivity index (χ1n) is 8.02. The van der Waals surface area contributed by atoms with Gasteiger partial charge in [-0.3, -0.25) is 9.59 Å². The number of hydrogen-bond donors (Lipinski definition) is 1. The molecule has 3 rings (SSSR count). The molecule has 6 heteroatoms. The summed E-state index contributed by atoms with van der Waals surface area (Å²) >= 11 is 4.73. The van der Waals surface area contributed by atoms with E-state index in [1.165, 1.54) is 11.3 Å². The molecule has 0 radical (unpaired) electrons. The molecule has 2 heterocycles. The molecule has 2 amide bonds. The zero-order valence-electron chi connectivity index (χ0n) is 13.2. The molecule has 1 aliphatic heterocycles. The van der Waals surface area contributed by atoms with Gasteiger partial charge >= 0.3 is 0 Å². The molecule has 1 saturated heterocycles. The fourth-order valence-electron chi connectivity index (χ4n) is 2.87. The summed E-state index contributed by atoms with van der Waals surface area (Å²) in [7, 11) is 0. The molecule has 1 aliphatic rings. The van der Waals surface area contributed by atoms with Crippen molar-refractivity contribution in [2.45, 2.75) is 25.3 Å². The van der Waals surface area contributed by atoms with Gasteiger partial charge in [0.25, 0.3) is 5.91 Å². The molecule has 1 atom stereocenters. The van der Waals surface area contributed by atoms with Gasteiger partial charge in [-0.25, -0.2) is 0 Å². The Morgan fingerprint density at radius 3 is 2.46 bits per heavy atom. The van der Waals surface area contributed by atoms with Gasteiger partial charge in [0.2, 0.25) is 5.91 Å². The predicted molar refractivity (Wildman–Crippen MR) is 99.2 cm³/mol. The Kier molecular flexibility index (Phi) is 5.68. The van der Waals surface area contributed by atoms with Gasteiger partial charge in [0.1, 0.15) is 6.04 Å². The number of hydrogen-bond acceptors (Lipinski definition) is 3. The number of benzene rings is 1. The first-order valence-corrected chi connectivity index (χ1v) is 9.63. The second-order valence-corrected chi connectivity index (χ2v) is 8.31. The van der Waals surface area contributed by atoms with E-state index in [0.29, 0.717) is 11.3 Å². The lowest BCUT2D eigenvalue weighted by molar-refractivity contribution is -0.132. The second-order valence-electron chi connectivity index (χ2n) is 5.85. The van der Waals surface area contributed by atoms with E-state index in [9.17, 15) is 9.59 Å². The van der Waals surface area contributed by atoms with Crippen LogP contribution in [-0.4, -0.2) is 35.8 Å². The summed E-state index contributed by atoms with van der Waals surface area (Å²) < 4.78 is 0.901. The van der Waals surface area contributed by atoms with Crippen LogP contribution >= 0.6 is 27.3 Å². The standard InChI is InChI=1S/C18H19BrN2O2S/c19-16-9-8-15(24-16)17(22)20-14(12-13-6-2-1-3-7-13)18(23)21-10-4-5-11-21/h1-3,6-9,14H,4-5,10-12H2,(H,20,22). The summed E-state index contributed by atoms with van der Waals surface area (Å²) in [5.74, 6) is -0.181. The van der Waals surface area contributed by atoms with Gasteiger partial charge in [-0.15, -0.1) is 11.3 Å². The Labute approximate surface area is 154 Å². The van der Waals surface area contributed by atoms with Crippen LogP contribution in [0.5, 0.6) is 0 Å². The quantitative estimate of drug-likeness (QED) is 0.825. The van der Waals surface area contributed by atoms with E-state index >= 15 is 0 Å². The number of rotatable bonds is 5. The molecule has 24 heavy (non-hydrogen) atoms. The van der Waals surface area contributed by atoms with Crippen molar-refractivity contribution in [3.05, 3.63) is 56.7 Å². The molecule has 0 saturated carbocycles. The van der Waals surface area contributed by atoms with E-state index in [-0.39, 0.29) is 11.8 Å². The summed E-state index contributed by atoms with van der Waals surface area (Å²) in [5, 5.41) is 2.93. The molecule has 126 valence electrons. The molecular formula is C18H19BrN2O2S. The van der Waals surface area contributed by atoms with Crippen molar-refractivity contribution in [1.82, 2.24) is 10.2 Å². The molecule has 1 aromatic carbocycles. The van der Waals surface area contributed by atoms with Crippen molar-refractivity contribution in [2.75, 3.05) is 13.1 Å². The smallest absolute Gasteiger partial charge is 0.262 e. The molecule has 1 N–H and O–H groups in total. The third-order valence-corrected chi connectivity index (χ3v) is 5.72. The van der Waals surface area contributed by atoms with E-state index < -0.39 is 6.04 Å². The van der Waals surface area contributed by atoms with E-state index in [1.54, 1.807) is 6.07 Å². The fraction of sp³-hybridized carbons (Fsp3) is 0.333. The van der Waals surface area contributed by atoms with Crippen LogP contribution in [0, 0.1) is 0 Å². The van der Waals surface area contributed by atoms with Gasteiger partial charge in [0.05, 0.1) is 8.66 Å². The maximum atomic E-state index is 12.8. The first-order chi connectivity index (χ1) is 11.6. The van der Waals surface area contributed by atoms with Crippen LogP contribution in [0.25, 0.3) is 0 Å². The Morgan fingerprint density at radius 2 is 1.83 bits per heavy atom. The largest absolute Gasteiger partial charge is 0.341 e. The number of amides is 2. The van der Waals surface area contributed by atoms with Gasteiger partial charge in [-0.1, -0.05) is 30.3 Å². The molecule has 0 spiro atoms.